The first-order chi connectivity index (χ1) is 11.2. The van der Waals surface area contributed by atoms with Gasteiger partial charge in [0.2, 0.25) is 11.8 Å². The van der Waals surface area contributed by atoms with Crippen LogP contribution in [0, 0.1) is 0 Å². The predicted molar refractivity (Wildman–Crippen MR) is 84.6 cm³/mol. The summed E-state index contributed by atoms with van der Waals surface area (Å²) < 4.78 is 10.8. The molecule has 7 heteroatoms. The number of hydrogen-bond donors (Lipinski definition) is 2. The number of carboxylic acid groups (broad SMARTS) is 1. The van der Waals surface area contributed by atoms with Crippen LogP contribution in [0.5, 0.6) is 5.88 Å². The third kappa shape index (κ3) is 5.37. The zero-order chi connectivity index (χ0) is 16.5. The lowest BCUT2D eigenvalue weighted by molar-refractivity contribution is 0.0690. The average molecular weight is 319 g/mol. The van der Waals surface area contributed by atoms with Gasteiger partial charge >= 0.3 is 5.97 Å². The van der Waals surface area contributed by atoms with Crippen LogP contribution in [0.2, 0.25) is 0 Å². The first kappa shape index (κ1) is 17.0. The van der Waals surface area contributed by atoms with E-state index < -0.39 is 5.97 Å². The summed E-state index contributed by atoms with van der Waals surface area (Å²) in [5, 5.41) is 12.0. The van der Waals surface area contributed by atoms with E-state index in [1.807, 2.05) is 7.05 Å². The summed E-state index contributed by atoms with van der Waals surface area (Å²) in [6.45, 7) is 1.64. The van der Waals surface area contributed by atoms with E-state index in [0.717, 1.165) is 25.6 Å². The predicted octanol–water partition coefficient (Wildman–Crippen LogP) is 2.59. The molecule has 2 N–H and O–H groups in total. The minimum absolute atomic E-state index is 0.124. The van der Waals surface area contributed by atoms with Gasteiger partial charge in [0.15, 0.2) is 5.69 Å². The van der Waals surface area contributed by atoms with Gasteiger partial charge in [0.05, 0.1) is 6.61 Å². The van der Waals surface area contributed by atoms with E-state index in [2.05, 4.69) is 15.3 Å². The fourth-order valence-corrected chi connectivity index (χ4v) is 2.06. The zero-order valence-corrected chi connectivity index (χ0v) is 13.1. The van der Waals surface area contributed by atoms with Gasteiger partial charge < -0.3 is 19.6 Å². The lowest BCUT2D eigenvalue weighted by Crippen LogP contribution is -2.07. The number of carboxylic acids is 1. The molecule has 124 valence electrons. The minimum Gasteiger partial charge on any atom is -0.478 e. The highest BCUT2D eigenvalue weighted by Crippen LogP contribution is 2.21. The molecule has 0 spiro atoms. The SMILES string of the molecule is CNCCCCCCOc1cc(-c2nc(C(=O)O)co2)ccn1. The second kappa shape index (κ2) is 8.89. The Kier molecular flexibility index (Phi) is 6.56. The van der Waals surface area contributed by atoms with Crippen LogP contribution >= 0.6 is 0 Å². The van der Waals surface area contributed by atoms with Gasteiger partial charge in [0.1, 0.15) is 6.26 Å². The molecule has 0 bridgehead atoms. The average Bonchev–Trinajstić information content (AvgIpc) is 3.05. The molecule has 2 heterocycles. The van der Waals surface area contributed by atoms with Crippen molar-refractivity contribution >= 4 is 5.97 Å². The maximum absolute atomic E-state index is 10.8. The molecule has 0 radical (unpaired) electrons. The molecule has 0 unspecified atom stereocenters. The summed E-state index contributed by atoms with van der Waals surface area (Å²) in [5.74, 6) is -0.404. The summed E-state index contributed by atoms with van der Waals surface area (Å²) in [7, 11) is 1.95. The molecule has 0 fully saturated rings. The van der Waals surface area contributed by atoms with Gasteiger partial charge in [-0.1, -0.05) is 12.8 Å². The molecule has 2 aromatic heterocycles. The Morgan fingerprint density at radius 1 is 1.35 bits per heavy atom. The van der Waals surface area contributed by atoms with Gasteiger partial charge in [0, 0.05) is 17.8 Å². The van der Waals surface area contributed by atoms with Crippen molar-refractivity contribution in [1.29, 1.82) is 0 Å². The summed E-state index contributed by atoms with van der Waals surface area (Å²) >= 11 is 0. The molecular weight excluding hydrogens is 298 g/mol. The van der Waals surface area contributed by atoms with Crippen molar-refractivity contribution in [2.75, 3.05) is 20.2 Å². The smallest absolute Gasteiger partial charge is 0.357 e. The molecule has 0 aromatic carbocycles. The second-order valence-corrected chi connectivity index (χ2v) is 5.09. The Labute approximate surface area is 134 Å². The zero-order valence-electron chi connectivity index (χ0n) is 13.1. The summed E-state index contributed by atoms with van der Waals surface area (Å²) in [6, 6.07) is 3.39. The normalized spacial score (nSPS) is 10.7. The largest absolute Gasteiger partial charge is 0.478 e. The number of hydrogen-bond acceptors (Lipinski definition) is 6. The molecule has 0 saturated carbocycles. The number of aromatic nitrogens is 2. The Morgan fingerprint density at radius 3 is 2.91 bits per heavy atom. The maximum Gasteiger partial charge on any atom is 0.357 e. The Morgan fingerprint density at radius 2 is 2.17 bits per heavy atom. The number of nitrogens with zero attached hydrogens (tertiary/aromatic N) is 2. The first-order valence-electron chi connectivity index (χ1n) is 7.63. The van der Waals surface area contributed by atoms with Crippen molar-refractivity contribution in [1.82, 2.24) is 15.3 Å². The number of carbonyl (C=O) groups is 1. The van der Waals surface area contributed by atoms with E-state index >= 15 is 0 Å². The van der Waals surface area contributed by atoms with E-state index in [1.54, 1.807) is 18.3 Å². The molecule has 2 rings (SSSR count). The number of unbranched alkanes of at least 4 members (excludes halogenated alkanes) is 3. The van der Waals surface area contributed by atoms with Crippen LogP contribution in [0.1, 0.15) is 36.2 Å². The molecular formula is C16H21N3O4. The molecule has 0 saturated heterocycles. The van der Waals surface area contributed by atoms with Gasteiger partial charge in [0.25, 0.3) is 0 Å². The van der Waals surface area contributed by atoms with Gasteiger partial charge in [-0.2, -0.15) is 0 Å². The molecule has 0 aliphatic rings. The maximum atomic E-state index is 10.8. The van der Waals surface area contributed by atoms with Crippen LogP contribution in [-0.2, 0) is 0 Å². The fraction of sp³-hybridized carbons (Fsp3) is 0.438. The Hall–Kier alpha value is -2.41. The number of pyridine rings is 1. The highest BCUT2D eigenvalue weighted by Gasteiger charge is 2.12. The van der Waals surface area contributed by atoms with E-state index in [1.165, 1.54) is 12.8 Å². The van der Waals surface area contributed by atoms with Gasteiger partial charge in [-0.05, 0) is 32.5 Å². The van der Waals surface area contributed by atoms with E-state index in [4.69, 9.17) is 14.3 Å². The molecule has 0 aliphatic heterocycles. The van der Waals surface area contributed by atoms with Crippen LogP contribution < -0.4 is 10.1 Å². The van der Waals surface area contributed by atoms with Gasteiger partial charge in [-0.3, -0.25) is 0 Å². The summed E-state index contributed by atoms with van der Waals surface area (Å²) in [4.78, 5) is 18.9. The molecule has 0 atom stereocenters. The van der Waals surface area contributed by atoms with Crippen LogP contribution in [0.3, 0.4) is 0 Å². The second-order valence-electron chi connectivity index (χ2n) is 5.09. The highest BCUT2D eigenvalue weighted by molar-refractivity contribution is 5.85. The molecule has 0 aliphatic carbocycles. The van der Waals surface area contributed by atoms with E-state index in [-0.39, 0.29) is 11.6 Å². The fourth-order valence-electron chi connectivity index (χ4n) is 2.06. The van der Waals surface area contributed by atoms with Crippen LogP contribution in [0.4, 0.5) is 0 Å². The lowest BCUT2D eigenvalue weighted by atomic mass is 10.2. The van der Waals surface area contributed by atoms with Crippen LogP contribution in [0.15, 0.2) is 29.0 Å². The third-order valence-electron chi connectivity index (χ3n) is 3.28. The van der Waals surface area contributed by atoms with Crippen molar-refractivity contribution in [2.45, 2.75) is 25.7 Å². The third-order valence-corrected chi connectivity index (χ3v) is 3.28. The minimum atomic E-state index is -1.12. The Bertz CT molecular complexity index is 627. The van der Waals surface area contributed by atoms with Gasteiger partial charge in [-0.25, -0.2) is 14.8 Å². The Balaban J connectivity index is 1.83. The molecule has 7 nitrogen and oxygen atoms in total. The monoisotopic (exact) mass is 319 g/mol. The van der Waals surface area contributed by atoms with Crippen LogP contribution in [-0.4, -0.2) is 41.2 Å². The van der Waals surface area contributed by atoms with Crippen molar-refractivity contribution in [2.24, 2.45) is 0 Å². The molecule has 2 aromatic rings. The first-order valence-corrected chi connectivity index (χ1v) is 7.63. The topological polar surface area (TPSA) is 97.5 Å². The molecule has 23 heavy (non-hydrogen) atoms. The summed E-state index contributed by atoms with van der Waals surface area (Å²) in [5.41, 5.74) is 0.511. The van der Waals surface area contributed by atoms with Gasteiger partial charge in [-0.15, -0.1) is 0 Å². The van der Waals surface area contributed by atoms with Crippen molar-refractivity contribution < 1.29 is 19.1 Å². The standard InChI is InChI=1S/C16H21N3O4/c1-17-7-4-2-3-5-9-22-14-10-12(6-8-18-14)15-19-13(11-23-15)16(20)21/h6,8,10-11,17H,2-5,7,9H2,1H3,(H,20,21). The van der Waals surface area contributed by atoms with Crippen molar-refractivity contribution in [3.8, 4) is 17.3 Å². The number of rotatable bonds is 10. The number of oxazole rings is 1. The van der Waals surface area contributed by atoms with Crippen molar-refractivity contribution in [3.05, 3.63) is 30.3 Å². The van der Waals surface area contributed by atoms with Crippen LogP contribution in [0.25, 0.3) is 11.5 Å². The number of ether oxygens (including phenoxy) is 1. The van der Waals surface area contributed by atoms with E-state index in [9.17, 15) is 4.79 Å². The summed E-state index contributed by atoms with van der Waals surface area (Å²) in [6.07, 6.45) is 7.12. The number of nitrogens with one attached hydrogen (secondary N) is 1. The van der Waals surface area contributed by atoms with Crippen molar-refractivity contribution in [3.63, 3.8) is 0 Å². The van der Waals surface area contributed by atoms with E-state index in [0.29, 0.717) is 18.1 Å². The molecule has 0 amide bonds. The highest BCUT2D eigenvalue weighted by atomic mass is 16.5. The lowest BCUT2D eigenvalue weighted by Gasteiger charge is -2.06. The number of aromatic carboxylic acids is 1. The quantitative estimate of drug-likeness (QED) is 0.649.